The van der Waals surface area contributed by atoms with E-state index in [-0.39, 0.29) is 17.6 Å². The second-order valence-electron chi connectivity index (χ2n) is 13.8. The largest absolute Gasteiger partial charge is 0.491 e. The molecule has 2 bridgehead atoms. The van der Waals surface area contributed by atoms with Gasteiger partial charge in [0.2, 0.25) is 5.91 Å². The van der Waals surface area contributed by atoms with Crippen molar-refractivity contribution < 1.29 is 14.0 Å². The summed E-state index contributed by atoms with van der Waals surface area (Å²) in [5, 5.41) is 1.13. The molecule has 4 aliphatic rings. The normalized spacial score (nSPS) is 27.1. The second kappa shape index (κ2) is 12.7. The highest BCUT2D eigenvalue weighted by molar-refractivity contribution is 6.42. The Kier molecular flexibility index (Phi) is 9.05. The van der Waals surface area contributed by atoms with E-state index in [4.69, 9.17) is 27.9 Å². The Balaban J connectivity index is 1.23. The second-order valence-corrected chi connectivity index (χ2v) is 14.6. The molecular formula is C37H46Cl2N3O2+. The molecule has 7 heteroatoms. The first-order chi connectivity index (χ1) is 21.1. The minimum atomic E-state index is -0.344. The van der Waals surface area contributed by atoms with E-state index in [1.165, 1.54) is 48.9 Å². The van der Waals surface area contributed by atoms with Crippen LogP contribution in [0.4, 0.5) is 0 Å². The van der Waals surface area contributed by atoms with Crippen molar-refractivity contribution in [2.24, 2.45) is 0 Å². The number of quaternary nitrogens is 1. The van der Waals surface area contributed by atoms with Gasteiger partial charge in [0.1, 0.15) is 5.75 Å². The molecule has 0 aromatic heterocycles. The van der Waals surface area contributed by atoms with E-state index < -0.39 is 0 Å². The van der Waals surface area contributed by atoms with Gasteiger partial charge >= 0.3 is 0 Å². The van der Waals surface area contributed by atoms with E-state index >= 15 is 0 Å². The predicted octanol–water partition coefficient (Wildman–Crippen LogP) is 7.34. The maximum absolute atomic E-state index is 13.9. The standard InChI is InChI=1S/C37H46Cl2N3O2/c1-28(2)44-32-11-7-8-29(24-32)25-35(43)41-19-18-40(3)37(27-41,31-12-13-33(38)34(39)26-31)17-23-42-20-14-36(15-21-42,16-22-42)30-9-5-4-6-10-30/h4-13,24,26,28H,14-23,25,27H2,1-3H3/q+1. The van der Waals surface area contributed by atoms with Gasteiger partial charge in [-0.1, -0.05) is 71.7 Å². The lowest BCUT2D eigenvalue weighted by Crippen LogP contribution is -2.66. The third kappa shape index (κ3) is 6.26. The average molecular weight is 636 g/mol. The van der Waals surface area contributed by atoms with Gasteiger partial charge in [0.15, 0.2) is 0 Å². The van der Waals surface area contributed by atoms with Gasteiger partial charge in [-0.2, -0.15) is 0 Å². The highest BCUT2D eigenvalue weighted by Gasteiger charge is 2.51. The number of ether oxygens (including phenoxy) is 1. The molecule has 3 aromatic carbocycles. The van der Waals surface area contributed by atoms with Crippen LogP contribution < -0.4 is 4.74 Å². The van der Waals surface area contributed by atoms with Crippen molar-refractivity contribution in [3.63, 3.8) is 0 Å². The number of hydrogen-bond acceptors (Lipinski definition) is 3. The summed E-state index contributed by atoms with van der Waals surface area (Å²) in [6, 6.07) is 25.2. The molecule has 4 fully saturated rings. The monoisotopic (exact) mass is 634 g/mol. The molecule has 4 aliphatic heterocycles. The van der Waals surface area contributed by atoms with Crippen LogP contribution >= 0.6 is 23.2 Å². The average Bonchev–Trinajstić information content (AvgIpc) is 3.03. The number of piperidine rings is 3. The summed E-state index contributed by atoms with van der Waals surface area (Å²) in [7, 11) is 2.21. The van der Waals surface area contributed by atoms with E-state index in [1.54, 1.807) is 0 Å². The first-order valence-electron chi connectivity index (χ1n) is 16.2. The minimum absolute atomic E-state index is 0.0892. The van der Waals surface area contributed by atoms with Crippen molar-refractivity contribution >= 4 is 29.1 Å². The summed E-state index contributed by atoms with van der Waals surface area (Å²) < 4.78 is 7.06. The number of piperazine rings is 1. The zero-order valence-electron chi connectivity index (χ0n) is 26.4. The summed E-state index contributed by atoms with van der Waals surface area (Å²) in [5.74, 6) is 0.960. The molecule has 234 valence electrons. The van der Waals surface area contributed by atoms with Crippen molar-refractivity contribution in [3.05, 3.63) is 99.5 Å². The number of rotatable bonds is 9. The highest BCUT2D eigenvalue weighted by Crippen LogP contribution is 2.47. The van der Waals surface area contributed by atoms with Crippen molar-refractivity contribution in [1.29, 1.82) is 0 Å². The summed E-state index contributed by atoms with van der Waals surface area (Å²) >= 11 is 13.0. The van der Waals surface area contributed by atoms with Crippen LogP contribution in [-0.2, 0) is 22.2 Å². The van der Waals surface area contributed by atoms with Gasteiger partial charge in [0.25, 0.3) is 0 Å². The lowest BCUT2D eigenvalue weighted by atomic mass is 9.66. The van der Waals surface area contributed by atoms with Crippen LogP contribution in [-0.4, -0.2) is 79.2 Å². The van der Waals surface area contributed by atoms with Crippen molar-refractivity contribution in [1.82, 2.24) is 9.80 Å². The molecule has 3 aromatic rings. The maximum Gasteiger partial charge on any atom is 0.227 e. The van der Waals surface area contributed by atoms with Crippen molar-refractivity contribution in [3.8, 4) is 5.75 Å². The molecule has 0 N–H and O–H groups in total. The first-order valence-corrected chi connectivity index (χ1v) is 17.0. The molecule has 7 rings (SSSR count). The number of carbonyl (C=O) groups excluding carboxylic acids is 1. The molecule has 4 saturated heterocycles. The fourth-order valence-corrected chi connectivity index (χ4v) is 8.36. The molecule has 4 heterocycles. The van der Waals surface area contributed by atoms with Gasteiger partial charge in [0, 0.05) is 50.7 Å². The van der Waals surface area contributed by atoms with Crippen LogP contribution in [0.1, 0.15) is 56.2 Å². The third-order valence-electron chi connectivity index (χ3n) is 10.9. The van der Waals surface area contributed by atoms with Crippen LogP contribution in [0.3, 0.4) is 0 Å². The van der Waals surface area contributed by atoms with Crippen LogP contribution in [0.2, 0.25) is 10.0 Å². The smallest absolute Gasteiger partial charge is 0.227 e. The molecular weight excluding hydrogens is 589 g/mol. The van der Waals surface area contributed by atoms with Crippen molar-refractivity contribution in [2.45, 2.75) is 63.0 Å². The number of hydrogen-bond donors (Lipinski definition) is 0. The van der Waals surface area contributed by atoms with Gasteiger partial charge in [0.05, 0.1) is 54.3 Å². The lowest BCUT2D eigenvalue weighted by Gasteiger charge is -2.57. The Labute approximate surface area is 273 Å². The third-order valence-corrected chi connectivity index (χ3v) is 11.6. The number of benzene rings is 3. The number of halogens is 2. The topological polar surface area (TPSA) is 32.8 Å². The minimum Gasteiger partial charge on any atom is -0.491 e. The number of fused-ring (bicyclic) bond motifs is 3. The SMILES string of the molecule is CC(C)Oc1cccc(CC(=O)N2CCN(C)C(CC[N+]34CCC(c5ccccc5)(CC3)CC4)(c3ccc(Cl)c(Cl)c3)C2)c1. The van der Waals surface area contributed by atoms with Gasteiger partial charge in [-0.05, 0) is 61.9 Å². The fraction of sp³-hybridized carbons (Fsp3) is 0.486. The van der Waals surface area contributed by atoms with Crippen LogP contribution in [0.25, 0.3) is 0 Å². The number of carbonyl (C=O) groups is 1. The lowest BCUT2D eigenvalue weighted by molar-refractivity contribution is -0.944. The van der Waals surface area contributed by atoms with Crippen LogP contribution in [0, 0.1) is 0 Å². The Bertz CT molecular complexity index is 1450. The number of likely N-dealkylation sites (N-methyl/N-ethyl adjacent to an activating group) is 1. The van der Waals surface area contributed by atoms with E-state index in [0.29, 0.717) is 35.0 Å². The quantitative estimate of drug-likeness (QED) is 0.231. The fourth-order valence-electron chi connectivity index (χ4n) is 8.06. The van der Waals surface area contributed by atoms with E-state index in [0.717, 1.165) is 36.4 Å². The number of amides is 1. The van der Waals surface area contributed by atoms with Gasteiger partial charge in [-0.25, -0.2) is 0 Å². The van der Waals surface area contributed by atoms with Gasteiger partial charge in [-0.15, -0.1) is 0 Å². The molecule has 1 atom stereocenters. The summed E-state index contributed by atoms with van der Waals surface area (Å²) in [4.78, 5) is 18.4. The Morgan fingerprint density at radius 2 is 1.61 bits per heavy atom. The van der Waals surface area contributed by atoms with E-state index in [2.05, 4.69) is 53.2 Å². The molecule has 0 aliphatic carbocycles. The Hall–Kier alpha value is -2.57. The molecule has 1 amide bonds. The summed E-state index contributed by atoms with van der Waals surface area (Å²) in [5.41, 5.74) is 3.64. The predicted molar refractivity (Wildman–Crippen MR) is 180 cm³/mol. The molecule has 44 heavy (non-hydrogen) atoms. The zero-order chi connectivity index (χ0) is 31.0. The summed E-state index contributed by atoms with van der Waals surface area (Å²) in [6.45, 7) is 10.9. The van der Waals surface area contributed by atoms with E-state index in [9.17, 15) is 4.79 Å². The van der Waals surface area contributed by atoms with Gasteiger partial charge in [-0.3, -0.25) is 9.69 Å². The molecule has 1 unspecified atom stereocenters. The summed E-state index contributed by atoms with van der Waals surface area (Å²) in [6.07, 6.45) is 5.15. The zero-order valence-corrected chi connectivity index (χ0v) is 27.9. The van der Waals surface area contributed by atoms with Crippen molar-refractivity contribution in [2.75, 3.05) is 52.9 Å². The molecule has 5 nitrogen and oxygen atoms in total. The van der Waals surface area contributed by atoms with Gasteiger partial charge < -0.3 is 14.1 Å². The first kappa shape index (κ1) is 31.4. The van der Waals surface area contributed by atoms with Crippen LogP contribution in [0.5, 0.6) is 5.75 Å². The number of nitrogens with zero attached hydrogens (tertiary/aromatic N) is 3. The molecule has 0 saturated carbocycles. The van der Waals surface area contributed by atoms with Crippen LogP contribution in [0.15, 0.2) is 72.8 Å². The van der Waals surface area contributed by atoms with E-state index in [1.807, 2.05) is 50.2 Å². The molecule has 0 radical (unpaired) electrons. The Morgan fingerprint density at radius 1 is 0.886 bits per heavy atom. The Morgan fingerprint density at radius 3 is 2.30 bits per heavy atom. The highest BCUT2D eigenvalue weighted by atomic mass is 35.5. The maximum atomic E-state index is 13.9. The molecule has 0 spiro atoms.